The molecule has 3 saturated carbocycles. The maximum atomic E-state index is 12.2. The Morgan fingerprint density at radius 3 is 2.11 bits per heavy atom. The maximum Gasteiger partial charge on any atom is 0.303 e. The third-order valence-corrected chi connectivity index (χ3v) is 19.2. The van der Waals surface area contributed by atoms with E-state index in [1.807, 2.05) is 0 Å². The number of esters is 1. The zero-order valence-corrected chi connectivity index (χ0v) is 42.8. The molecule has 6 heterocycles. The molecule has 0 aromatic rings. The summed E-state index contributed by atoms with van der Waals surface area (Å²) in [6, 6.07) is 0. The number of rotatable bonds is 10. The minimum atomic E-state index is -1.82. The third-order valence-electron chi connectivity index (χ3n) is 19.2. The summed E-state index contributed by atoms with van der Waals surface area (Å²) >= 11 is 0. The van der Waals surface area contributed by atoms with Crippen LogP contribution in [0.2, 0.25) is 0 Å². The minimum Gasteiger partial charge on any atom is -0.457 e. The molecule has 10 aliphatic rings. The molecule has 4 aliphatic carbocycles. The van der Waals surface area contributed by atoms with Crippen LogP contribution >= 0.6 is 0 Å². The predicted molar refractivity (Wildman–Crippen MR) is 249 cm³/mol. The first-order valence-corrected chi connectivity index (χ1v) is 26.6. The SMILES string of the molecule is C=C1CO[C@@]2(O[C@H]3C[C@H]4[C@@H]5CC=C6C[C@@H](O)C[C@@H](O[C@@H]7OC[C@H](O)[C@H](O[C@@H]8OC[C@@H](O)[C@H](O)[C@H]8O)[C@H]7O[C@@H]7O[C@@H](C)[C@H](OC(C)=O)[C@@H](O)[C@H]7O)[C@]6(C)[C@H]5CC[C@]4(C)[C@H]3[C@@H]2CO)[C@@H](O)[C@H]1O[C@@H]1O[C@H](C)[C@H](O)[C@H](O)[C@H]1O. The van der Waals surface area contributed by atoms with Crippen molar-refractivity contribution in [1.29, 1.82) is 0 Å². The van der Waals surface area contributed by atoms with E-state index < -0.39 is 189 Å². The van der Waals surface area contributed by atoms with Gasteiger partial charge in [-0.1, -0.05) is 32.1 Å². The number of fused-ring (bicyclic) bond motifs is 7. The van der Waals surface area contributed by atoms with Crippen LogP contribution in [0.25, 0.3) is 0 Å². The highest BCUT2D eigenvalue weighted by Crippen LogP contribution is 2.71. The van der Waals surface area contributed by atoms with Crippen LogP contribution in [-0.2, 0) is 56.9 Å². The highest BCUT2D eigenvalue weighted by Gasteiger charge is 2.73. The van der Waals surface area contributed by atoms with Crippen molar-refractivity contribution in [2.75, 3.05) is 26.4 Å². The number of carbonyl (C=O) groups is 1. The van der Waals surface area contributed by atoms with E-state index >= 15 is 0 Å². The van der Waals surface area contributed by atoms with Gasteiger partial charge < -0.3 is 113 Å². The molecule has 0 amide bonds. The molecule has 0 aromatic carbocycles. The van der Waals surface area contributed by atoms with Gasteiger partial charge in [0.05, 0.1) is 56.9 Å². The normalized spacial score (nSPS) is 55.9. The molecule has 6 aliphatic heterocycles. The molecule has 6 saturated heterocycles. The van der Waals surface area contributed by atoms with Gasteiger partial charge in [0.25, 0.3) is 0 Å². The van der Waals surface area contributed by atoms with Crippen molar-refractivity contribution in [2.24, 2.45) is 40.4 Å². The molecule has 9 fully saturated rings. The van der Waals surface area contributed by atoms with E-state index in [1.165, 1.54) is 13.8 Å². The average molecular weight is 1080 g/mol. The van der Waals surface area contributed by atoms with Crippen LogP contribution in [-0.4, -0.2) is 241 Å². The Hall–Kier alpha value is -1.93. The van der Waals surface area contributed by atoms with E-state index in [2.05, 4.69) is 26.5 Å². The smallest absolute Gasteiger partial charge is 0.303 e. The number of ether oxygens (including phenoxy) is 11. The molecular weight excluding hydrogens is 997 g/mol. The molecule has 0 unspecified atom stereocenters. The van der Waals surface area contributed by atoms with E-state index in [0.29, 0.717) is 37.7 Å². The number of hydrogen-bond donors (Lipinski definition) is 12. The maximum absolute atomic E-state index is 12.2. The Morgan fingerprint density at radius 1 is 0.733 bits per heavy atom. The lowest BCUT2D eigenvalue weighted by atomic mass is 9.46. The molecule has 10 rings (SSSR count). The lowest BCUT2D eigenvalue weighted by Gasteiger charge is -2.61. The molecule has 75 heavy (non-hydrogen) atoms. The zero-order chi connectivity index (χ0) is 54.0. The van der Waals surface area contributed by atoms with Crippen LogP contribution in [0.1, 0.15) is 73.1 Å². The fraction of sp³-hybridized carbons (Fsp3) is 0.902. The fourth-order valence-corrected chi connectivity index (χ4v) is 15.3. The Morgan fingerprint density at radius 2 is 1.39 bits per heavy atom. The summed E-state index contributed by atoms with van der Waals surface area (Å²) in [5.41, 5.74) is 0.118. The van der Waals surface area contributed by atoms with Crippen molar-refractivity contribution >= 4 is 5.97 Å². The molecular formula is C51H78O24. The number of carbonyl (C=O) groups excluding carboxylic acids is 1. The summed E-state index contributed by atoms with van der Waals surface area (Å²) in [4.78, 5) is 11.9. The van der Waals surface area contributed by atoms with E-state index in [1.54, 1.807) is 0 Å². The summed E-state index contributed by atoms with van der Waals surface area (Å²) in [5, 5.41) is 132. The van der Waals surface area contributed by atoms with Crippen molar-refractivity contribution in [1.82, 2.24) is 0 Å². The van der Waals surface area contributed by atoms with Gasteiger partial charge in [-0.15, -0.1) is 0 Å². The van der Waals surface area contributed by atoms with Gasteiger partial charge in [-0.2, -0.15) is 0 Å². The molecule has 12 N–H and O–H groups in total. The van der Waals surface area contributed by atoms with Crippen LogP contribution in [0.5, 0.6) is 0 Å². The van der Waals surface area contributed by atoms with Crippen molar-refractivity contribution in [3.05, 3.63) is 23.8 Å². The van der Waals surface area contributed by atoms with Gasteiger partial charge in [0.1, 0.15) is 79.4 Å². The van der Waals surface area contributed by atoms with Gasteiger partial charge in [-0.3, -0.25) is 4.79 Å². The monoisotopic (exact) mass is 1070 g/mol. The second-order valence-electron chi connectivity index (χ2n) is 23.4. The van der Waals surface area contributed by atoms with E-state index in [4.69, 9.17) is 52.1 Å². The predicted octanol–water partition coefficient (Wildman–Crippen LogP) is -3.28. The molecule has 0 bridgehead atoms. The zero-order valence-electron chi connectivity index (χ0n) is 42.8. The van der Waals surface area contributed by atoms with Crippen molar-refractivity contribution in [2.45, 2.75) is 220 Å². The number of hydrogen-bond acceptors (Lipinski definition) is 24. The van der Waals surface area contributed by atoms with E-state index in [9.17, 15) is 66.1 Å². The van der Waals surface area contributed by atoms with Crippen LogP contribution < -0.4 is 0 Å². The van der Waals surface area contributed by atoms with Crippen LogP contribution in [0.4, 0.5) is 0 Å². The fourth-order valence-electron chi connectivity index (χ4n) is 15.3. The lowest BCUT2D eigenvalue weighted by Crippen LogP contribution is -2.65. The van der Waals surface area contributed by atoms with Gasteiger partial charge >= 0.3 is 5.97 Å². The van der Waals surface area contributed by atoms with Crippen molar-refractivity contribution in [3.63, 3.8) is 0 Å². The standard InChI is InChI=1S/C51H78O24/c1-18-15-67-51(44(64)40(18)72-46-38(62)35(59)33(57)19(2)68-46)27(14-52)32-30(75-51)13-26-24-8-7-22-11-23(54)12-31(50(22,6)25(24)9-10-49(26,32)5)71-48-43(74-47-39(63)36(60)41(20(3)69-47)70-21(4)53)42(29(56)17-66-48)73-45-37(61)34(58)28(55)16-65-45/h7,19-20,23-48,52,54-64H,1,8-17H2,2-6H3/t19-,20+,23-,24-,25+,26+,27+,28-,29+,30+,31-,32+,33+,34+,35+,36+,37-,38-,39-,40+,41+,42+,43-,44+,45+,46+,47+,48+,49+,50+,51+/m1/s1. The average Bonchev–Trinajstić information content (AvgIpc) is 3.93. The summed E-state index contributed by atoms with van der Waals surface area (Å²) in [6.07, 6.45) is -26.4. The van der Waals surface area contributed by atoms with Gasteiger partial charge in [0.15, 0.2) is 31.3 Å². The van der Waals surface area contributed by atoms with Crippen LogP contribution in [0.15, 0.2) is 23.8 Å². The first-order chi connectivity index (χ1) is 35.4. The van der Waals surface area contributed by atoms with Crippen molar-refractivity contribution in [3.8, 4) is 0 Å². The molecule has 24 heteroatoms. The Bertz CT molecular complexity index is 2100. The van der Waals surface area contributed by atoms with Crippen molar-refractivity contribution < 1.29 is 118 Å². The largest absolute Gasteiger partial charge is 0.457 e. The summed E-state index contributed by atoms with van der Waals surface area (Å²) in [7, 11) is 0. The number of aliphatic hydroxyl groups is 12. The second-order valence-corrected chi connectivity index (χ2v) is 23.4. The molecule has 1 spiro atoms. The molecule has 426 valence electrons. The number of allylic oxidation sites excluding steroid dienone is 1. The third kappa shape index (κ3) is 9.40. The highest BCUT2D eigenvalue weighted by atomic mass is 16.8. The molecule has 24 nitrogen and oxygen atoms in total. The lowest BCUT2D eigenvalue weighted by molar-refractivity contribution is -0.382. The van der Waals surface area contributed by atoms with E-state index in [0.717, 1.165) is 12.5 Å². The van der Waals surface area contributed by atoms with Gasteiger partial charge in [-0.25, -0.2) is 0 Å². The van der Waals surface area contributed by atoms with E-state index in [-0.39, 0.29) is 36.7 Å². The quantitative estimate of drug-likeness (QED) is 0.0754. The highest BCUT2D eigenvalue weighted by molar-refractivity contribution is 5.66. The molecule has 0 aromatic heterocycles. The number of aliphatic hydroxyl groups excluding tert-OH is 12. The van der Waals surface area contributed by atoms with Crippen LogP contribution in [0.3, 0.4) is 0 Å². The van der Waals surface area contributed by atoms with Gasteiger partial charge in [0, 0.05) is 30.6 Å². The summed E-state index contributed by atoms with van der Waals surface area (Å²) in [6.45, 7) is 11.2. The van der Waals surface area contributed by atoms with Gasteiger partial charge in [0.2, 0.25) is 5.79 Å². The molecule has 31 atom stereocenters. The first kappa shape index (κ1) is 56.3. The van der Waals surface area contributed by atoms with Crippen LogP contribution in [0, 0.1) is 40.4 Å². The Kier molecular flexibility index (Phi) is 15.9. The van der Waals surface area contributed by atoms with Gasteiger partial charge in [-0.05, 0) is 74.7 Å². The topological polar surface area (TPSA) is 361 Å². The minimum absolute atomic E-state index is 0.0302. The Balaban J connectivity index is 0.906. The summed E-state index contributed by atoms with van der Waals surface area (Å²) in [5.74, 6) is -3.46. The second kappa shape index (κ2) is 21.2. The first-order valence-electron chi connectivity index (χ1n) is 26.6. The molecule has 0 radical (unpaired) electrons. The summed E-state index contributed by atoms with van der Waals surface area (Å²) < 4.78 is 67.8. The Labute approximate surface area is 433 Å².